The molecular formula is C25H28N4O. The molecule has 1 saturated heterocycles. The maximum Gasteiger partial charge on any atom is 0.227 e. The molecule has 1 aromatic carbocycles. The van der Waals surface area contributed by atoms with Gasteiger partial charge in [0.25, 0.3) is 0 Å². The molecule has 3 aromatic rings. The van der Waals surface area contributed by atoms with Gasteiger partial charge in [0.15, 0.2) is 0 Å². The molecule has 1 aliphatic heterocycles. The van der Waals surface area contributed by atoms with Crippen molar-refractivity contribution < 1.29 is 4.79 Å². The highest BCUT2D eigenvalue weighted by Crippen LogP contribution is 2.22. The maximum absolute atomic E-state index is 13.1. The summed E-state index contributed by atoms with van der Waals surface area (Å²) in [6.07, 6.45) is 8.13. The fraction of sp³-hybridized carbons (Fsp3) is 0.320. The van der Waals surface area contributed by atoms with Crippen LogP contribution in [0.5, 0.6) is 0 Å². The molecule has 1 fully saturated rings. The van der Waals surface area contributed by atoms with Gasteiger partial charge in [-0.2, -0.15) is 0 Å². The minimum absolute atomic E-state index is 0.0339. The van der Waals surface area contributed by atoms with Crippen LogP contribution in [0.15, 0.2) is 73.3 Å². The summed E-state index contributed by atoms with van der Waals surface area (Å²) >= 11 is 0. The average molecular weight is 401 g/mol. The summed E-state index contributed by atoms with van der Waals surface area (Å²) in [5, 5.41) is 0. The van der Waals surface area contributed by atoms with Crippen LogP contribution in [-0.2, 0) is 17.8 Å². The molecule has 30 heavy (non-hydrogen) atoms. The Balaban J connectivity index is 1.49. The molecule has 0 aliphatic carbocycles. The molecular weight excluding hydrogens is 372 g/mol. The standard InChI is InChI=1S/C25H28N4O/c1-2-29-14-13-28(18-21-5-3-11-26-16-21)19-24(25(29)30)15-20-7-9-22(10-8-20)23-6-4-12-27-17-23/h3-12,16-17,24H,2,13-15,18-19H2,1H3. The van der Waals surface area contributed by atoms with E-state index in [2.05, 4.69) is 58.2 Å². The van der Waals surface area contributed by atoms with Gasteiger partial charge in [0.1, 0.15) is 0 Å². The van der Waals surface area contributed by atoms with Crippen molar-refractivity contribution in [3.05, 3.63) is 84.4 Å². The van der Waals surface area contributed by atoms with Gasteiger partial charge in [0.05, 0.1) is 5.92 Å². The molecule has 1 amide bonds. The van der Waals surface area contributed by atoms with E-state index in [0.29, 0.717) is 0 Å². The number of benzene rings is 1. The van der Waals surface area contributed by atoms with Gasteiger partial charge in [-0.05, 0) is 47.7 Å². The summed E-state index contributed by atoms with van der Waals surface area (Å²) in [5.41, 5.74) is 4.64. The molecule has 2 aromatic heterocycles. The topological polar surface area (TPSA) is 49.3 Å². The first kappa shape index (κ1) is 20.2. The highest BCUT2D eigenvalue weighted by atomic mass is 16.2. The summed E-state index contributed by atoms with van der Waals surface area (Å²) < 4.78 is 0. The van der Waals surface area contributed by atoms with Crippen molar-refractivity contribution in [3.8, 4) is 11.1 Å². The third-order valence-electron chi connectivity index (χ3n) is 5.77. The maximum atomic E-state index is 13.1. The van der Waals surface area contributed by atoms with Crippen LogP contribution in [0.25, 0.3) is 11.1 Å². The van der Waals surface area contributed by atoms with Crippen molar-refractivity contribution in [1.29, 1.82) is 0 Å². The Labute approximate surface area is 178 Å². The fourth-order valence-electron chi connectivity index (χ4n) is 4.12. The Kier molecular flexibility index (Phi) is 6.50. The highest BCUT2D eigenvalue weighted by molar-refractivity contribution is 5.79. The Morgan fingerprint density at radius 2 is 1.67 bits per heavy atom. The third kappa shape index (κ3) is 4.92. The molecule has 5 nitrogen and oxygen atoms in total. The predicted octanol–water partition coefficient (Wildman–Crippen LogP) is 3.67. The van der Waals surface area contributed by atoms with Gasteiger partial charge in [-0.1, -0.05) is 36.4 Å². The normalized spacial score (nSPS) is 17.7. The van der Waals surface area contributed by atoms with Crippen molar-refractivity contribution in [1.82, 2.24) is 19.8 Å². The second-order valence-electron chi connectivity index (χ2n) is 7.85. The van der Waals surface area contributed by atoms with E-state index in [4.69, 9.17) is 0 Å². The van der Waals surface area contributed by atoms with Gasteiger partial charge in [-0.15, -0.1) is 0 Å². The summed E-state index contributed by atoms with van der Waals surface area (Å²) in [6, 6.07) is 16.6. The van der Waals surface area contributed by atoms with Gasteiger partial charge < -0.3 is 4.90 Å². The Morgan fingerprint density at radius 3 is 2.33 bits per heavy atom. The van der Waals surface area contributed by atoms with E-state index >= 15 is 0 Å². The van der Waals surface area contributed by atoms with Crippen LogP contribution in [0.1, 0.15) is 18.1 Å². The number of pyridine rings is 2. The number of carbonyl (C=O) groups excluding carboxylic acids is 1. The number of hydrogen-bond acceptors (Lipinski definition) is 4. The first-order valence-corrected chi connectivity index (χ1v) is 10.6. The number of hydrogen-bond donors (Lipinski definition) is 0. The first-order chi connectivity index (χ1) is 14.7. The van der Waals surface area contributed by atoms with Crippen LogP contribution in [0.2, 0.25) is 0 Å². The zero-order valence-corrected chi connectivity index (χ0v) is 17.4. The van der Waals surface area contributed by atoms with Crippen LogP contribution in [0.4, 0.5) is 0 Å². The lowest BCUT2D eigenvalue weighted by atomic mass is 9.96. The molecule has 0 radical (unpaired) electrons. The van der Waals surface area contributed by atoms with E-state index in [0.717, 1.165) is 50.3 Å². The van der Waals surface area contributed by atoms with E-state index < -0.39 is 0 Å². The van der Waals surface area contributed by atoms with Crippen LogP contribution < -0.4 is 0 Å². The minimum Gasteiger partial charge on any atom is -0.341 e. The molecule has 0 N–H and O–H groups in total. The minimum atomic E-state index is -0.0339. The molecule has 0 saturated carbocycles. The van der Waals surface area contributed by atoms with Gasteiger partial charge in [-0.25, -0.2) is 0 Å². The zero-order valence-electron chi connectivity index (χ0n) is 17.4. The van der Waals surface area contributed by atoms with Crippen LogP contribution >= 0.6 is 0 Å². The Hall–Kier alpha value is -3.05. The number of rotatable bonds is 6. The zero-order chi connectivity index (χ0) is 20.8. The number of likely N-dealkylation sites (N-methyl/N-ethyl adjacent to an activating group) is 1. The van der Waals surface area contributed by atoms with Crippen molar-refractivity contribution in [2.45, 2.75) is 19.9 Å². The molecule has 1 aliphatic rings. The van der Waals surface area contributed by atoms with Crippen LogP contribution in [0.3, 0.4) is 0 Å². The second-order valence-corrected chi connectivity index (χ2v) is 7.85. The molecule has 0 bridgehead atoms. The Bertz CT molecular complexity index is 944. The number of carbonyl (C=O) groups is 1. The third-order valence-corrected chi connectivity index (χ3v) is 5.77. The quantitative estimate of drug-likeness (QED) is 0.634. The molecule has 0 spiro atoms. The van der Waals surface area contributed by atoms with E-state index in [1.54, 1.807) is 12.4 Å². The summed E-state index contributed by atoms with van der Waals surface area (Å²) in [6.45, 7) is 6.10. The fourth-order valence-corrected chi connectivity index (χ4v) is 4.12. The SMILES string of the molecule is CCN1CCN(Cc2cccnc2)CC(Cc2ccc(-c3cccnc3)cc2)C1=O. The van der Waals surface area contributed by atoms with E-state index in [-0.39, 0.29) is 11.8 Å². The van der Waals surface area contributed by atoms with E-state index in [9.17, 15) is 4.79 Å². The predicted molar refractivity (Wildman–Crippen MR) is 119 cm³/mol. The van der Waals surface area contributed by atoms with Gasteiger partial charge in [-0.3, -0.25) is 19.7 Å². The number of aromatic nitrogens is 2. The lowest BCUT2D eigenvalue weighted by Gasteiger charge is -2.23. The van der Waals surface area contributed by atoms with Crippen molar-refractivity contribution in [3.63, 3.8) is 0 Å². The monoisotopic (exact) mass is 400 g/mol. The van der Waals surface area contributed by atoms with E-state index in [1.807, 2.05) is 29.4 Å². The summed E-state index contributed by atoms with van der Waals surface area (Å²) in [4.78, 5) is 26.0. The van der Waals surface area contributed by atoms with Gasteiger partial charge in [0.2, 0.25) is 5.91 Å². The van der Waals surface area contributed by atoms with Crippen LogP contribution in [-0.4, -0.2) is 51.9 Å². The molecule has 1 unspecified atom stereocenters. The molecule has 3 heterocycles. The number of nitrogens with zero attached hydrogens (tertiary/aromatic N) is 4. The second kappa shape index (κ2) is 9.63. The molecule has 5 heteroatoms. The molecule has 154 valence electrons. The summed E-state index contributed by atoms with van der Waals surface area (Å²) in [5.74, 6) is 0.232. The largest absolute Gasteiger partial charge is 0.341 e. The highest BCUT2D eigenvalue weighted by Gasteiger charge is 2.29. The van der Waals surface area contributed by atoms with E-state index in [1.165, 1.54) is 11.1 Å². The molecule has 1 atom stereocenters. The van der Waals surface area contributed by atoms with Gasteiger partial charge in [0, 0.05) is 57.5 Å². The smallest absolute Gasteiger partial charge is 0.227 e. The van der Waals surface area contributed by atoms with Crippen molar-refractivity contribution in [2.24, 2.45) is 5.92 Å². The lowest BCUT2D eigenvalue weighted by Crippen LogP contribution is -2.37. The lowest BCUT2D eigenvalue weighted by molar-refractivity contribution is -0.134. The van der Waals surface area contributed by atoms with Crippen molar-refractivity contribution in [2.75, 3.05) is 26.2 Å². The average Bonchev–Trinajstić information content (AvgIpc) is 2.94. The van der Waals surface area contributed by atoms with Crippen molar-refractivity contribution >= 4 is 5.91 Å². The van der Waals surface area contributed by atoms with Crippen LogP contribution in [0, 0.1) is 5.92 Å². The number of amides is 1. The van der Waals surface area contributed by atoms with Gasteiger partial charge >= 0.3 is 0 Å². The summed E-state index contributed by atoms with van der Waals surface area (Å²) in [7, 11) is 0. The first-order valence-electron chi connectivity index (χ1n) is 10.6. The molecule has 4 rings (SSSR count). The Morgan fingerprint density at radius 1 is 0.900 bits per heavy atom.